The number of rotatable bonds is 5. The standard InChI is InChI=1S/C18H18N2O2/c19-15(12-21)11-13-5-8-16(9-6-13)22-18-10-7-14-3-1-2-4-17(14)20-18/h1-10,15,21H,11-12,19H2. The number of nitrogens with zero attached hydrogens (tertiary/aromatic N) is 1. The fourth-order valence-electron chi connectivity index (χ4n) is 2.29. The van der Waals surface area contributed by atoms with E-state index in [9.17, 15) is 0 Å². The molecule has 4 nitrogen and oxygen atoms in total. The van der Waals surface area contributed by atoms with Crippen molar-refractivity contribution >= 4 is 10.9 Å². The molecule has 2 aromatic carbocycles. The first-order chi connectivity index (χ1) is 10.7. The minimum atomic E-state index is -0.228. The van der Waals surface area contributed by atoms with Crippen LogP contribution in [0.4, 0.5) is 0 Å². The predicted octanol–water partition coefficient (Wildman–Crippen LogP) is 2.89. The molecule has 0 spiro atoms. The van der Waals surface area contributed by atoms with Gasteiger partial charge in [0.25, 0.3) is 0 Å². The average molecular weight is 294 g/mol. The van der Waals surface area contributed by atoms with Crippen molar-refractivity contribution in [2.24, 2.45) is 5.73 Å². The normalized spacial score (nSPS) is 12.3. The van der Waals surface area contributed by atoms with Crippen molar-refractivity contribution in [3.63, 3.8) is 0 Å². The zero-order chi connectivity index (χ0) is 15.4. The summed E-state index contributed by atoms with van der Waals surface area (Å²) in [6, 6.07) is 19.2. The van der Waals surface area contributed by atoms with E-state index in [0.29, 0.717) is 12.3 Å². The Kier molecular flexibility index (Phi) is 4.32. The largest absolute Gasteiger partial charge is 0.439 e. The van der Waals surface area contributed by atoms with E-state index in [1.807, 2.05) is 60.7 Å². The van der Waals surface area contributed by atoms with Gasteiger partial charge >= 0.3 is 0 Å². The van der Waals surface area contributed by atoms with Gasteiger partial charge in [0.15, 0.2) is 0 Å². The number of fused-ring (bicyclic) bond motifs is 1. The molecule has 3 aromatic rings. The van der Waals surface area contributed by atoms with Crippen LogP contribution in [-0.4, -0.2) is 22.7 Å². The molecular weight excluding hydrogens is 276 g/mol. The molecule has 0 aliphatic carbocycles. The minimum Gasteiger partial charge on any atom is -0.439 e. The molecule has 112 valence electrons. The molecule has 1 atom stereocenters. The second-order valence-electron chi connectivity index (χ2n) is 5.23. The number of nitrogens with two attached hydrogens (primary N) is 1. The van der Waals surface area contributed by atoms with Crippen LogP contribution in [0, 0.1) is 0 Å². The van der Waals surface area contributed by atoms with Crippen LogP contribution < -0.4 is 10.5 Å². The van der Waals surface area contributed by atoms with E-state index in [0.717, 1.165) is 22.2 Å². The van der Waals surface area contributed by atoms with Gasteiger partial charge in [0.2, 0.25) is 5.88 Å². The Hall–Kier alpha value is -2.43. The van der Waals surface area contributed by atoms with E-state index < -0.39 is 0 Å². The zero-order valence-corrected chi connectivity index (χ0v) is 12.1. The first-order valence-electron chi connectivity index (χ1n) is 7.23. The van der Waals surface area contributed by atoms with Crippen molar-refractivity contribution in [1.82, 2.24) is 4.98 Å². The number of hydrogen-bond donors (Lipinski definition) is 2. The summed E-state index contributed by atoms with van der Waals surface area (Å²) in [5.74, 6) is 1.29. The van der Waals surface area contributed by atoms with Crippen LogP contribution in [0.3, 0.4) is 0 Å². The number of aliphatic hydroxyl groups excluding tert-OH is 1. The third-order valence-electron chi connectivity index (χ3n) is 3.45. The highest BCUT2D eigenvalue weighted by Crippen LogP contribution is 2.22. The Balaban J connectivity index is 1.74. The van der Waals surface area contributed by atoms with Gasteiger partial charge in [-0.1, -0.05) is 30.3 Å². The van der Waals surface area contributed by atoms with Gasteiger partial charge in [0.05, 0.1) is 12.1 Å². The Morgan fingerprint density at radius 2 is 1.77 bits per heavy atom. The molecule has 3 rings (SSSR count). The van der Waals surface area contributed by atoms with Crippen molar-refractivity contribution in [2.75, 3.05) is 6.61 Å². The van der Waals surface area contributed by atoms with E-state index in [1.165, 1.54) is 0 Å². The number of aliphatic hydroxyl groups is 1. The molecule has 1 heterocycles. The SMILES string of the molecule is NC(CO)Cc1ccc(Oc2ccc3ccccc3n2)cc1. The summed E-state index contributed by atoms with van der Waals surface area (Å²) in [6.07, 6.45) is 0.644. The molecule has 4 heteroatoms. The highest BCUT2D eigenvalue weighted by atomic mass is 16.5. The summed E-state index contributed by atoms with van der Waals surface area (Å²) in [4.78, 5) is 4.48. The minimum absolute atomic E-state index is 0.0146. The summed E-state index contributed by atoms with van der Waals surface area (Å²) in [5, 5.41) is 10.1. The van der Waals surface area contributed by atoms with Gasteiger partial charge in [-0.3, -0.25) is 0 Å². The van der Waals surface area contributed by atoms with Gasteiger partial charge in [-0.05, 0) is 36.2 Å². The summed E-state index contributed by atoms with van der Waals surface area (Å²) in [7, 11) is 0. The third kappa shape index (κ3) is 3.42. The van der Waals surface area contributed by atoms with Crippen LogP contribution in [0.15, 0.2) is 60.7 Å². The number of pyridine rings is 1. The first kappa shape index (κ1) is 14.5. The fraction of sp³-hybridized carbons (Fsp3) is 0.167. The summed E-state index contributed by atoms with van der Waals surface area (Å²) in [5.41, 5.74) is 7.71. The highest BCUT2D eigenvalue weighted by Gasteiger charge is 2.04. The van der Waals surface area contributed by atoms with Gasteiger partial charge in [-0.15, -0.1) is 0 Å². The van der Waals surface area contributed by atoms with Crippen molar-refractivity contribution < 1.29 is 9.84 Å². The molecule has 0 saturated heterocycles. The van der Waals surface area contributed by atoms with Crippen LogP contribution in [0.1, 0.15) is 5.56 Å². The molecule has 0 saturated carbocycles. The van der Waals surface area contributed by atoms with Crippen LogP contribution in [0.5, 0.6) is 11.6 Å². The second-order valence-corrected chi connectivity index (χ2v) is 5.23. The Bertz CT molecular complexity index is 756. The van der Waals surface area contributed by atoms with Gasteiger partial charge < -0.3 is 15.6 Å². The van der Waals surface area contributed by atoms with Crippen molar-refractivity contribution in [2.45, 2.75) is 12.5 Å². The van der Waals surface area contributed by atoms with Gasteiger partial charge in [0.1, 0.15) is 5.75 Å². The molecule has 0 radical (unpaired) electrons. The van der Waals surface area contributed by atoms with Crippen molar-refractivity contribution in [1.29, 1.82) is 0 Å². The highest BCUT2D eigenvalue weighted by molar-refractivity contribution is 5.78. The van der Waals surface area contributed by atoms with Crippen LogP contribution in [-0.2, 0) is 6.42 Å². The smallest absolute Gasteiger partial charge is 0.219 e. The lowest BCUT2D eigenvalue weighted by Crippen LogP contribution is -2.26. The third-order valence-corrected chi connectivity index (χ3v) is 3.45. The maximum Gasteiger partial charge on any atom is 0.219 e. The number of benzene rings is 2. The maximum absolute atomic E-state index is 8.97. The van der Waals surface area contributed by atoms with Crippen LogP contribution in [0.2, 0.25) is 0 Å². The Morgan fingerprint density at radius 1 is 1.00 bits per heavy atom. The number of hydrogen-bond acceptors (Lipinski definition) is 4. The lowest BCUT2D eigenvalue weighted by atomic mass is 10.1. The number of aromatic nitrogens is 1. The molecule has 22 heavy (non-hydrogen) atoms. The van der Waals surface area contributed by atoms with Crippen molar-refractivity contribution in [3.8, 4) is 11.6 Å². The molecule has 1 aromatic heterocycles. The second kappa shape index (κ2) is 6.56. The summed E-state index contributed by atoms with van der Waals surface area (Å²) >= 11 is 0. The lowest BCUT2D eigenvalue weighted by molar-refractivity contribution is 0.265. The molecule has 0 aliphatic rings. The average Bonchev–Trinajstić information content (AvgIpc) is 2.56. The van der Waals surface area contributed by atoms with E-state index in [-0.39, 0.29) is 12.6 Å². The maximum atomic E-state index is 8.97. The van der Waals surface area contributed by atoms with Crippen LogP contribution in [0.25, 0.3) is 10.9 Å². The molecular formula is C18H18N2O2. The molecule has 3 N–H and O–H groups in total. The molecule has 0 aliphatic heterocycles. The zero-order valence-electron chi connectivity index (χ0n) is 12.1. The van der Waals surface area contributed by atoms with Crippen molar-refractivity contribution in [3.05, 3.63) is 66.2 Å². The quantitative estimate of drug-likeness (QED) is 0.759. The lowest BCUT2D eigenvalue weighted by Gasteiger charge is -2.09. The van der Waals surface area contributed by atoms with E-state index in [4.69, 9.17) is 15.6 Å². The fourth-order valence-corrected chi connectivity index (χ4v) is 2.29. The Labute approximate surface area is 129 Å². The molecule has 0 bridgehead atoms. The number of para-hydroxylation sites is 1. The molecule has 1 unspecified atom stereocenters. The molecule has 0 fully saturated rings. The van der Waals surface area contributed by atoms with Gasteiger partial charge in [0, 0.05) is 17.5 Å². The van der Waals surface area contributed by atoms with E-state index >= 15 is 0 Å². The first-order valence-corrected chi connectivity index (χ1v) is 7.23. The monoisotopic (exact) mass is 294 g/mol. The summed E-state index contributed by atoms with van der Waals surface area (Å²) < 4.78 is 5.78. The Morgan fingerprint density at radius 3 is 2.55 bits per heavy atom. The van der Waals surface area contributed by atoms with E-state index in [2.05, 4.69) is 4.98 Å². The topological polar surface area (TPSA) is 68.4 Å². The summed E-state index contributed by atoms with van der Waals surface area (Å²) in [6.45, 7) is -0.0146. The predicted molar refractivity (Wildman–Crippen MR) is 87.0 cm³/mol. The molecule has 0 amide bonds. The van der Waals surface area contributed by atoms with Crippen LogP contribution >= 0.6 is 0 Å². The van der Waals surface area contributed by atoms with Gasteiger partial charge in [-0.25, -0.2) is 4.98 Å². The van der Waals surface area contributed by atoms with E-state index in [1.54, 1.807) is 0 Å². The number of ether oxygens (including phenoxy) is 1. The van der Waals surface area contributed by atoms with Gasteiger partial charge in [-0.2, -0.15) is 0 Å².